The number of rotatable bonds is 4. The zero-order chi connectivity index (χ0) is 15.3. The van der Waals surface area contributed by atoms with Crippen LogP contribution in [0, 0.1) is 0 Å². The zero-order valence-electron chi connectivity index (χ0n) is 12.5. The Morgan fingerprint density at radius 2 is 1.85 bits per heavy atom. The lowest BCUT2D eigenvalue weighted by Crippen LogP contribution is -2.47. The Bertz CT molecular complexity index is 354. The maximum absolute atomic E-state index is 12.3. The summed E-state index contributed by atoms with van der Waals surface area (Å²) < 4.78 is 0. The topological polar surface area (TPSA) is 84.3 Å². The first-order valence-corrected chi connectivity index (χ1v) is 6.85. The molecule has 0 aromatic heterocycles. The molecular weight excluding hydrogens is 262 g/mol. The zero-order valence-corrected chi connectivity index (χ0v) is 12.5. The van der Waals surface area contributed by atoms with Crippen LogP contribution in [0.5, 0.6) is 0 Å². The van der Waals surface area contributed by atoms with Crippen LogP contribution < -0.4 is 0 Å². The predicted octanol–water partition coefficient (Wildman–Crippen LogP) is -0.0986. The SMILES string of the molecule is CN(CC(C)(C)O)C(=O)N1CCCN(CC(=O)O)CC1. The van der Waals surface area contributed by atoms with Crippen LogP contribution in [0.15, 0.2) is 0 Å². The van der Waals surface area contributed by atoms with Crippen molar-refractivity contribution in [3.63, 3.8) is 0 Å². The van der Waals surface area contributed by atoms with E-state index >= 15 is 0 Å². The Morgan fingerprint density at radius 1 is 1.20 bits per heavy atom. The smallest absolute Gasteiger partial charge is 0.319 e. The van der Waals surface area contributed by atoms with E-state index in [4.69, 9.17) is 5.11 Å². The molecule has 0 aromatic carbocycles. The number of carboxylic acid groups (broad SMARTS) is 1. The molecule has 2 N–H and O–H groups in total. The monoisotopic (exact) mass is 287 g/mol. The third kappa shape index (κ3) is 5.75. The van der Waals surface area contributed by atoms with Gasteiger partial charge in [0.05, 0.1) is 18.7 Å². The molecule has 0 aromatic rings. The summed E-state index contributed by atoms with van der Waals surface area (Å²) in [5.41, 5.74) is -0.925. The fourth-order valence-corrected chi connectivity index (χ4v) is 2.40. The van der Waals surface area contributed by atoms with Crippen LogP contribution in [-0.4, -0.2) is 88.8 Å². The quantitative estimate of drug-likeness (QED) is 0.754. The summed E-state index contributed by atoms with van der Waals surface area (Å²) in [5.74, 6) is -0.844. The first-order chi connectivity index (χ1) is 9.19. The lowest BCUT2D eigenvalue weighted by Gasteiger charge is -2.31. The molecule has 7 heteroatoms. The average molecular weight is 287 g/mol. The minimum atomic E-state index is -0.925. The number of urea groups is 1. The maximum atomic E-state index is 12.3. The van der Waals surface area contributed by atoms with Crippen molar-refractivity contribution >= 4 is 12.0 Å². The van der Waals surface area contributed by atoms with Gasteiger partial charge in [-0.05, 0) is 20.3 Å². The maximum Gasteiger partial charge on any atom is 0.319 e. The third-order valence-electron chi connectivity index (χ3n) is 3.17. The summed E-state index contributed by atoms with van der Waals surface area (Å²) in [6.07, 6.45) is 0.759. The summed E-state index contributed by atoms with van der Waals surface area (Å²) in [4.78, 5) is 28.0. The number of carbonyl (C=O) groups is 2. The second-order valence-electron chi connectivity index (χ2n) is 5.96. The molecule has 0 unspecified atom stereocenters. The molecule has 1 heterocycles. The average Bonchev–Trinajstić information content (AvgIpc) is 2.50. The number of carbonyl (C=O) groups excluding carboxylic acids is 1. The number of carboxylic acids is 1. The number of hydrogen-bond donors (Lipinski definition) is 2. The number of hydrogen-bond acceptors (Lipinski definition) is 4. The van der Waals surface area contributed by atoms with Crippen molar-refractivity contribution in [3.05, 3.63) is 0 Å². The van der Waals surface area contributed by atoms with E-state index in [9.17, 15) is 14.7 Å². The van der Waals surface area contributed by atoms with Gasteiger partial charge in [0.1, 0.15) is 0 Å². The number of aliphatic carboxylic acids is 1. The summed E-state index contributed by atoms with van der Waals surface area (Å²) in [7, 11) is 1.67. The lowest BCUT2D eigenvalue weighted by molar-refractivity contribution is -0.138. The lowest BCUT2D eigenvalue weighted by atomic mass is 10.1. The molecule has 1 saturated heterocycles. The minimum Gasteiger partial charge on any atom is -0.480 e. The molecule has 0 bridgehead atoms. The van der Waals surface area contributed by atoms with E-state index in [0.29, 0.717) is 26.2 Å². The molecule has 0 spiro atoms. The van der Waals surface area contributed by atoms with E-state index in [1.54, 1.807) is 25.8 Å². The van der Waals surface area contributed by atoms with E-state index in [2.05, 4.69) is 0 Å². The summed E-state index contributed by atoms with van der Waals surface area (Å²) in [5, 5.41) is 18.5. The van der Waals surface area contributed by atoms with Crippen LogP contribution in [0.3, 0.4) is 0 Å². The third-order valence-corrected chi connectivity index (χ3v) is 3.17. The highest BCUT2D eigenvalue weighted by molar-refractivity contribution is 5.74. The van der Waals surface area contributed by atoms with Gasteiger partial charge in [0.15, 0.2) is 0 Å². The summed E-state index contributed by atoms with van der Waals surface area (Å²) in [6.45, 7) is 5.98. The van der Waals surface area contributed by atoms with Crippen LogP contribution in [0.2, 0.25) is 0 Å². The summed E-state index contributed by atoms with van der Waals surface area (Å²) in [6, 6.07) is -0.121. The van der Waals surface area contributed by atoms with Gasteiger partial charge >= 0.3 is 12.0 Å². The van der Waals surface area contributed by atoms with Crippen LogP contribution in [0.4, 0.5) is 4.79 Å². The second kappa shape index (κ2) is 6.90. The second-order valence-corrected chi connectivity index (χ2v) is 5.96. The Hall–Kier alpha value is -1.34. The van der Waals surface area contributed by atoms with Gasteiger partial charge in [-0.15, -0.1) is 0 Å². The van der Waals surface area contributed by atoms with Crippen molar-refractivity contribution in [2.45, 2.75) is 25.9 Å². The molecular formula is C13H25N3O4. The fourth-order valence-electron chi connectivity index (χ4n) is 2.40. The molecule has 0 radical (unpaired) electrons. The highest BCUT2D eigenvalue weighted by Gasteiger charge is 2.25. The van der Waals surface area contributed by atoms with Gasteiger partial charge in [0.25, 0.3) is 0 Å². The van der Waals surface area contributed by atoms with Crippen LogP contribution >= 0.6 is 0 Å². The van der Waals surface area contributed by atoms with Crippen molar-refractivity contribution in [1.82, 2.24) is 14.7 Å². The van der Waals surface area contributed by atoms with Gasteiger partial charge in [0.2, 0.25) is 0 Å². The molecule has 1 rings (SSSR count). The minimum absolute atomic E-state index is 0.0154. The van der Waals surface area contributed by atoms with Crippen molar-refractivity contribution in [2.24, 2.45) is 0 Å². The van der Waals surface area contributed by atoms with E-state index in [1.807, 2.05) is 4.90 Å². The van der Waals surface area contributed by atoms with Crippen molar-refractivity contribution in [3.8, 4) is 0 Å². The van der Waals surface area contributed by atoms with Crippen LogP contribution in [0.25, 0.3) is 0 Å². The van der Waals surface area contributed by atoms with Gasteiger partial charge in [-0.2, -0.15) is 0 Å². The van der Waals surface area contributed by atoms with E-state index in [0.717, 1.165) is 6.42 Å². The van der Waals surface area contributed by atoms with Crippen molar-refractivity contribution in [2.75, 3.05) is 46.3 Å². The first-order valence-electron chi connectivity index (χ1n) is 6.85. The molecule has 0 atom stereocenters. The van der Waals surface area contributed by atoms with Gasteiger partial charge in [0, 0.05) is 33.2 Å². The van der Waals surface area contributed by atoms with E-state index in [-0.39, 0.29) is 19.1 Å². The molecule has 2 amide bonds. The normalized spacial score (nSPS) is 17.7. The van der Waals surface area contributed by atoms with Crippen molar-refractivity contribution in [1.29, 1.82) is 0 Å². The first kappa shape index (κ1) is 16.7. The van der Waals surface area contributed by atoms with Gasteiger partial charge in [-0.3, -0.25) is 9.69 Å². The molecule has 1 fully saturated rings. The molecule has 7 nitrogen and oxygen atoms in total. The fraction of sp³-hybridized carbons (Fsp3) is 0.846. The van der Waals surface area contributed by atoms with Crippen molar-refractivity contribution < 1.29 is 19.8 Å². The number of aliphatic hydroxyl groups is 1. The standard InChI is InChI=1S/C13H25N3O4/c1-13(2,20)10-14(3)12(19)16-6-4-5-15(7-8-16)9-11(17)18/h20H,4-10H2,1-3H3,(H,17,18). The highest BCUT2D eigenvalue weighted by Crippen LogP contribution is 2.09. The Kier molecular flexibility index (Phi) is 5.76. The largest absolute Gasteiger partial charge is 0.480 e. The summed E-state index contributed by atoms with van der Waals surface area (Å²) >= 11 is 0. The highest BCUT2D eigenvalue weighted by atomic mass is 16.4. The Morgan fingerprint density at radius 3 is 2.40 bits per heavy atom. The molecule has 0 saturated carbocycles. The molecule has 20 heavy (non-hydrogen) atoms. The van der Waals surface area contributed by atoms with Crippen LogP contribution in [0.1, 0.15) is 20.3 Å². The predicted molar refractivity (Wildman–Crippen MR) is 74.6 cm³/mol. The van der Waals surface area contributed by atoms with Gasteiger partial charge in [-0.1, -0.05) is 0 Å². The number of amides is 2. The molecule has 0 aliphatic carbocycles. The molecule has 116 valence electrons. The Labute approximate surface area is 119 Å². The van der Waals surface area contributed by atoms with E-state index < -0.39 is 11.6 Å². The number of likely N-dealkylation sites (N-methyl/N-ethyl adjacent to an activating group) is 1. The van der Waals surface area contributed by atoms with Gasteiger partial charge in [-0.25, -0.2) is 4.79 Å². The number of nitrogens with zero attached hydrogens (tertiary/aromatic N) is 3. The van der Waals surface area contributed by atoms with E-state index in [1.165, 1.54) is 4.90 Å². The van der Waals surface area contributed by atoms with Gasteiger partial charge < -0.3 is 20.0 Å². The molecule has 1 aliphatic rings. The molecule has 1 aliphatic heterocycles. The Balaban J connectivity index is 2.51. The van der Waals surface area contributed by atoms with Crippen LogP contribution in [-0.2, 0) is 4.79 Å².